The zero-order valence-corrected chi connectivity index (χ0v) is 7.16. The van der Waals surface area contributed by atoms with E-state index in [0.717, 1.165) is 7.11 Å². The number of rotatable bonds is 4. The molecule has 0 amide bonds. The van der Waals surface area contributed by atoms with Crippen molar-refractivity contribution in [3.63, 3.8) is 0 Å². The molecule has 4 nitrogen and oxygen atoms in total. The van der Waals surface area contributed by atoms with E-state index >= 15 is 0 Å². The van der Waals surface area contributed by atoms with Crippen LogP contribution in [0.1, 0.15) is 13.3 Å². The van der Waals surface area contributed by atoms with Crippen LogP contribution >= 0.6 is 0 Å². The van der Waals surface area contributed by atoms with Gasteiger partial charge in [-0.15, -0.1) is 6.58 Å². The van der Waals surface area contributed by atoms with Crippen molar-refractivity contribution in [1.29, 1.82) is 0 Å². The van der Waals surface area contributed by atoms with Crippen molar-refractivity contribution in [3.8, 4) is 0 Å². The average Bonchev–Trinajstić information content (AvgIpc) is 2.03. The summed E-state index contributed by atoms with van der Waals surface area (Å²) in [4.78, 5) is 21.7. The molecule has 0 fully saturated rings. The summed E-state index contributed by atoms with van der Waals surface area (Å²) in [6.45, 7) is 4.68. The lowest BCUT2D eigenvalue weighted by molar-refractivity contribution is -0.165. The predicted molar refractivity (Wildman–Crippen MR) is 42.6 cm³/mol. The summed E-state index contributed by atoms with van der Waals surface area (Å²) in [6.07, 6.45) is 1.44. The number of aliphatic carboxylic acids is 1. The fraction of sp³-hybridized carbons (Fsp3) is 0.500. The van der Waals surface area contributed by atoms with Crippen molar-refractivity contribution in [2.24, 2.45) is 5.41 Å². The molecular formula is C8H12O4. The molecule has 0 radical (unpaired) electrons. The summed E-state index contributed by atoms with van der Waals surface area (Å²) in [6, 6.07) is 0. The van der Waals surface area contributed by atoms with Gasteiger partial charge in [-0.2, -0.15) is 0 Å². The molecule has 0 aliphatic carbocycles. The Labute approximate surface area is 70.8 Å². The second kappa shape index (κ2) is 3.90. The van der Waals surface area contributed by atoms with Crippen LogP contribution in [0.5, 0.6) is 0 Å². The molecular weight excluding hydrogens is 160 g/mol. The van der Waals surface area contributed by atoms with Crippen LogP contribution in [0.15, 0.2) is 12.7 Å². The molecule has 0 heterocycles. The highest BCUT2D eigenvalue weighted by molar-refractivity contribution is 5.98. The zero-order valence-electron chi connectivity index (χ0n) is 7.16. The number of methoxy groups -OCH3 is 1. The maximum atomic E-state index is 11.0. The number of carboxylic acid groups (broad SMARTS) is 1. The second-order valence-electron chi connectivity index (χ2n) is 2.62. The Morgan fingerprint density at radius 3 is 2.42 bits per heavy atom. The third kappa shape index (κ3) is 1.84. The van der Waals surface area contributed by atoms with Gasteiger partial charge in [0, 0.05) is 0 Å². The lowest BCUT2D eigenvalue weighted by atomic mass is 9.87. The molecule has 0 spiro atoms. The summed E-state index contributed by atoms with van der Waals surface area (Å²) in [5.74, 6) is -1.95. The minimum absolute atomic E-state index is 0.0645. The van der Waals surface area contributed by atoms with Gasteiger partial charge in [0.1, 0.15) is 0 Å². The highest BCUT2D eigenvalue weighted by Crippen LogP contribution is 2.23. The number of carbonyl (C=O) groups is 2. The van der Waals surface area contributed by atoms with Crippen LogP contribution in [0, 0.1) is 5.41 Å². The highest BCUT2D eigenvalue weighted by Gasteiger charge is 2.41. The molecule has 0 aliphatic rings. The van der Waals surface area contributed by atoms with Crippen molar-refractivity contribution < 1.29 is 19.4 Å². The quantitative estimate of drug-likeness (QED) is 0.387. The van der Waals surface area contributed by atoms with Gasteiger partial charge in [-0.1, -0.05) is 6.08 Å². The van der Waals surface area contributed by atoms with Gasteiger partial charge in [0.05, 0.1) is 7.11 Å². The van der Waals surface area contributed by atoms with Gasteiger partial charge in [0.2, 0.25) is 0 Å². The number of ether oxygens (including phenoxy) is 1. The fourth-order valence-corrected chi connectivity index (χ4v) is 0.772. The molecule has 1 N–H and O–H groups in total. The van der Waals surface area contributed by atoms with Crippen molar-refractivity contribution in [3.05, 3.63) is 12.7 Å². The minimum Gasteiger partial charge on any atom is -0.480 e. The first kappa shape index (κ1) is 10.7. The Hall–Kier alpha value is -1.32. The van der Waals surface area contributed by atoms with Crippen molar-refractivity contribution in [2.75, 3.05) is 7.11 Å². The molecule has 0 aromatic heterocycles. The van der Waals surface area contributed by atoms with Gasteiger partial charge >= 0.3 is 11.9 Å². The van der Waals surface area contributed by atoms with Gasteiger partial charge in [-0.05, 0) is 13.3 Å². The van der Waals surface area contributed by atoms with E-state index in [1.165, 1.54) is 13.0 Å². The second-order valence-corrected chi connectivity index (χ2v) is 2.62. The highest BCUT2D eigenvalue weighted by atomic mass is 16.5. The SMILES string of the molecule is C=CCC(C)(C(=O)O)C(=O)OC. The molecule has 0 rings (SSSR count). The van der Waals surface area contributed by atoms with Crippen LogP contribution in [0.4, 0.5) is 0 Å². The van der Waals surface area contributed by atoms with Crippen molar-refractivity contribution in [1.82, 2.24) is 0 Å². The largest absolute Gasteiger partial charge is 0.480 e. The maximum Gasteiger partial charge on any atom is 0.323 e. The van der Waals surface area contributed by atoms with E-state index in [-0.39, 0.29) is 6.42 Å². The molecule has 0 aromatic carbocycles. The Morgan fingerprint density at radius 2 is 2.17 bits per heavy atom. The van der Waals surface area contributed by atoms with E-state index in [9.17, 15) is 9.59 Å². The van der Waals surface area contributed by atoms with E-state index in [1.54, 1.807) is 0 Å². The number of esters is 1. The summed E-state index contributed by atoms with van der Waals surface area (Å²) in [7, 11) is 1.16. The number of hydrogen-bond acceptors (Lipinski definition) is 3. The first-order valence-corrected chi connectivity index (χ1v) is 3.41. The molecule has 4 heteroatoms. The summed E-state index contributed by atoms with van der Waals surface area (Å²) >= 11 is 0. The van der Waals surface area contributed by atoms with Crippen molar-refractivity contribution in [2.45, 2.75) is 13.3 Å². The van der Waals surface area contributed by atoms with E-state index in [2.05, 4.69) is 11.3 Å². The number of allylic oxidation sites excluding steroid dienone is 1. The van der Waals surface area contributed by atoms with Crippen LogP contribution in [-0.2, 0) is 14.3 Å². The van der Waals surface area contributed by atoms with Gasteiger partial charge < -0.3 is 9.84 Å². The lowest BCUT2D eigenvalue weighted by Gasteiger charge is -2.19. The Balaban J connectivity index is 4.72. The standard InChI is InChI=1S/C8H12O4/c1-4-5-8(2,6(9)10)7(11)12-3/h4H,1,5H2,2-3H3,(H,9,10). The van der Waals surface area contributed by atoms with Gasteiger partial charge in [0.25, 0.3) is 0 Å². The number of carboxylic acids is 1. The first-order chi connectivity index (χ1) is 5.49. The zero-order chi connectivity index (χ0) is 9.78. The molecule has 12 heavy (non-hydrogen) atoms. The molecule has 0 aromatic rings. The van der Waals surface area contributed by atoms with Crippen LogP contribution < -0.4 is 0 Å². The maximum absolute atomic E-state index is 11.0. The first-order valence-electron chi connectivity index (χ1n) is 3.41. The molecule has 68 valence electrons. The number of hydrogen-bond donors (Lipinski definition) is 1. The smallest absolute Gasteiger partial charge is 0.323 e. The monoisotopic (exact) mass is 172 g/mol. The summed E-state index contributed by atoms with van der Waals surface area (Å²) in [5.41, 5.74) is -1.50. The topological polar surface area (TPSA) is 63.6 Å². The van der Waals surface area contributed by atoms with E-state index in [4.69, 9.17) is 5.11 Å². The van der Waals surface area contributed by atoms with E-state index in [0.29, 0.717) is 0 Å². The molecule has 0 bridgehead atoms. The molecule has 0 saturated carbocycles. The molecule has 1 unspecified atom stereocenters. The Morgan fingerprint density at radius 1 is 1.67 bits per heavy atom. The van der Waals surface area contributed by atoms with E-state index < -0.39 is 17.4 Å². The molecule has 0 saturated heterocycles. The van der Waals surface area contributed by atoms with Crippen LogP contribution in [0.3, 0.4) is 0 Å². The normalized spacial score (nSPS) is 14.5. The number of carbonyl (C=O) groups excluding carboxylic acids is 1. The predicted octanol–water partition coefficient (Wildman–Crippen LogP) is 0.826. The van der Waals surface area contributed by atoms with Gasteiger partial charge in [-0.25, -0.2) is 0 Å². The third-order valence-electron chi connectivity index (χ3n) is 1.66. The summed E-state index contributed by atoms with van der Waals surface area (Å²) in [5, 5.41) is 8.72. The van der Waals surface area contributed by atoms with Gasteiger partial charge in [-0.3, -0.25) is 9.59 Å². The van der Waals surface area contributed by atoms with Crippen LogP contribution in [-0.4, -0.2) is 24.2 Å². The Kier molecular flexibility index (Phi) is 3.47. The minimum atomic E-state index is -1.50. The van der Waals surface area contributed by atoms with Crippen LogP contribution in [0.2, 0.25) is 0 Å². The van der Waals surface area contributed by atoms with E-state index in [1.807, 2.05) is 0 Å². The third-order valence-corrected chi connectivity index (χ3v) is 1.66. The Bertz CT molecular complexity index is 209. The van der Waals surface area contributed by atoms with Crippen LogP contribution in [0.25, 0.3) is 0 Å². The van der Waals surface area contributed by atoms with Crippen molar-refractivity contribution >= 4 is 11.9 Å². The lowest BCUT2D eigenvalue weighted by Crippen LogP contribution is -2.36. The summed E-state index contributed by atoms with van der Waals surface area (Å²) < 4.78 is 4.36. The van der Waals surface area contributed by atoms with Gasteiger partial charge in [0.15, 0.2) is 5.41 Å². The fourth-order valence-electron chi connectivity index (χ4n) is 0.772. The average molecular weight is 172 g/mol. The molecule has 1 atom stereocenters. The molecule has 0 aliphatic heterocycles.